The molecule has 1 aliphatic rings. The molecule has 0 radical (unpaired) electrons. The molecule has 2 aromatic rings. The van der Waals surface area contributed by atoms with Crippen LogP contribution in [-0.2, 0) is 31.0 Å². The van der Waals surface area contributed by atoms with Crippen molar-refractivity contribution in [2.45, 2.75) is 33.1 Å². The molecule has 26 heavy (non-hydrogen) atoms. The predicted molar refractivity (Wildman–Crippen MR) is 93.4 cm³/mol. The fourth-order valence-corrected chi connectivity index (χ4v) is 3.07. The van der Waals surface area contributed by atoms with E-state index < -0.39 is 0 Å². The summed E-state index contributed by atoms with van der Waals surface area (Å²) >= 11 is 0. The lowest BCUT2D eigenvalue weighted by Gasteiger charge is -2.27. The van der Waals surface area contributed by atoms with E-state index in [0.717, 1.165) is 24.5 Å². The highest BCUT2D eigenvalue weighted by Gasteiger charge is 2.20. The summed E-state index contributed by atoms with van der Waals surface area (Å²) in [7, 11) is 3.02. The van der Waals surface area contributed by atoms with Crippen molar-refractivity contribution in [3.05, 3.63) is 41.0 Å². The van der Waals surface area contributed by atoms with Crippen LogP contribution in [0.3, 0.4) is 0 Å². The topological polar surface area (TPSA) is 68.6 Å². The van der Waals surface area contributed by atoms with Gasteiger partial charge in [0.05, 0.1) is 38.7 Å². The van der Waals surface area contributed by atoms with Crippen LogP contribution >= 0.6 is 0 Å². The number of carbonyl (C=O) groups is 1. The van der Waals surface area contributed by atoms with Gasteiger partial charge in [-0.2, -0.15) is 5.10 Å². The molecule has 1 aromatic heterocycles. The number of carbonyl (C=O) groups excluding carboxylic acids is 1. The van der Waals surface area contributed by atoms with Crippen LogP contribution in [0.2, 0.25) is 0 Å². The lowest BCUT2D eigenvalue weighted by molar-refractivity contribution is -0.119. The highest BCUT2D eigenvalue weighted by Crippen LogP contribution is 2.30. The molecule has 0 bridgehead atoms. The maximum Gasteiger partial charge on any atom is 0.217 e. The number of methoxy groups -OCH3 is 2. The number of benzene rings is 1. The number of hydrogen-bond donors (Lipinski definition) is 1. The van der Waals surface area contributed by atoms with Gasteiger partial charge in [-0.25, -0.2) is 4.39 Å². The van der Waals surface area contributed by atoms with Gasteiger partial charge >= 0.3 is 0 Å². The minimum atomic E-state index is -0.312. The van der Waals surface area contributed by atoms with Crippen molar-refractivity contribution in [2.75, 3.05) is 20.8 Å². The Kier molecular flexibility index (Phi) is 5.41. The molecule has 140 valence electrons. The predicted octanol–water partition coefficient (Wildman–Crippen LogP) is 1.69. The summed E-state index contributed by atoms with van der Waals surface area (Å²) in [5.41, 5.74) is 2.45. The molecule has 7 nitrogen and oxygen atoms in total. The molecule has 1 amide bonds. The van der Waals surface area contributed by atoms with Gasteiger partial charge < -0.3 is 14.8 Å². The molecule has 1 aliphatic heterocycles. The van der Waals surface area contributed by atoms with Crippen molar-refractivity contribution < 1.29 is 18.7 Å². The van der Waals surface area contributed by atoms with E-state index in [4.69, 9.17) is 9.47 Å². The average molecular weight is 362 g/mol. The van der Waals surface area contributed by atoms with Crippen molar-refractivity contribution in [3.63, 3.8) is 0 Å². The van der Waals surface area contributed by atoms with E-state index in [-0.39, 0.29) is 11.7 Å². The zero-order chi connectivity index (χ0) is 18.7. The van der Waals surface area contributed by atoms with Gasteiger partial charge in [0, 0.05) is 38.2 Å². The van der Waals surface area contributed by atoms with E-state index in [9.17, 15) is 9.18 Å². The first-order valence-electron chi connectivity index (χ1n) is 8.43. The largest absolute Gasteiger partial charge is 0.493 e. The number of hydrogen-bond acceptors (Lipinski definition) is 5. The maximum atomic E-state index is 14.4. The van der Waals surface area contributed by atoms with Gasteiger partial charge in [0.25, 0.3) is 0 Å². The zero-order valence-electron chi connectivity index (χ0n) is 15.2. The third-order valence-corrected chi connectivity index (χ3v) is 4.39. The van der Waals surface area contributed by atoms with Gasteiger partial charge in [0.15, 0.2) is 11.5 Å². The second-order valence-electron chi connectivity index (χ2n) is 6.27. The molecular weight excluding hydrogens is 339 g/mol. The van der Waals surface area contributed by atoms with Crippen LogP contribution in [0.4, 0.5) is 4.39 Å². The highest BCUT2D eigenvalue weighted by atomic mass is 19.1. The average Bonchev–Trinajstić information content (AvgIpc) is 3.03. The fourth-order valence-electron chi connectivity index (χ4n) is 3.07. The second kappa shape index (κ2) is 7.74. The van der Waals surface area contributed by atoms with Crippen molar-refractivity contribution in [3.8, 4) is 11.5 Å². The van der Waals surface area contributed by atoms with Gasteiger partial charge in [-0.05, 0) is 12.1 Å². The third-order valence-electron chi connectivity index (χ3n) is 4.39. The van der Waals surface area contributed by atoms with Crippen molar-refractivity contribution >= 4 is 5.91 Å². The molecule has 0 unspecified atom stereocenters. The lowest BCUT2D eigenvalue weighted by Crippen LogP contribution is -2.33. The Labute approximate surface area is 151 Å². The van der Waals surface area contributed by atoms with Crippen LogP contribution < -0.4 is 14.8 Å². The summed E-state index contributed by atoms with van der Waals surface area (Å²) < 4.78 is 26.7. The second-order valence-corrected chi connectivity index (χ2v) is 6.27. The Morgan fingerprint density at radius 1 is 1.23 bits per heavy atom. The van der Waals surface area contributed by atoms with Gasteiger partial charge in [-0.3, -0.25) is 14.4 Å². The zero-order valence-corrected chi connectivity index (χ0v) is 15.2. The number of aromatic nitrogens is 2. The molecule has 0 atom stereocenters. The Balaban J connectivity index is 1.70. The van der Waals surface area contributed by atoms with E-state index in [1.807, 2.05) is 10.7 Å². The minimum Gasteiger partial charge on any atom is -0.493 e. The smallest absolute Gasteiger partial charge is 0.217 e. The molecule has 0 fully saturated rings. The van der Waals surface area contributed by atoms with Gasteiger partial charge in [-0.15, -0.1) is 0 Å². The first-order valence-corrected chi connectivity index (χ1v) is 8.43. The minimum absolute atomic E-state index is 0.0819. The van der Waals surface area contributed by atoms with Gasteiger partial charge in [-0.1, -0.05) is 0 Å². The lowest BCUT2D eigenvalue weighted by atomic mass is 10.1. The Morgan fingerprint density at radius 2 is 1.96 bits per heavy atom. The molecule has 8 heteroatoms. The number of nitrogens with zero attached hydrogens (tertiary/aromatic N) is 3. The molecule has 1 N–H and O–H groups in total. The van der Waals surface area contributed by atoms with Crippen molar-refractivity contribution in [1.82, 2.24) is 20.0 Å². The monoisotopic (exact) mass is 362 g/mol. The molecule has 0 saturated heterocycles. The third kappa shape index (κ3) is 3.96. The van der Waals surface area contributed by atoms with E-state index in [1.165, 1.54) is 27.2 Å². The van der Waals surface area contributed by atoms with Crippen LogP contribution in [0.5, 0.6) is 11.5 Å². The van der Waals surface area contributed by atoms with E-state index >= 15 is 0 Å². The number of amides is 1. The summed E-state index contributed by atoms with van der Waals surface area (Å²) in [4.78, 5) is 13.2. The number of rotatable bonds is 6. The molecular formula is C18H23FN4O3. The molecule has 2 heterocycles. The molecule has 0 spiro atoms. The quantitative estimate of drug-likeness (QED) is 0.847. The standard InChI is InChI=1S/C18H23FN4O3/c1-12(24)20-9-14-7-15-11-22(4-5-23(15)21-14)10-13-6-17(25-2)18(26-3)8-16(13)19/h6-8H,4-5,9-11H2,1-3H3,(H,20,24). The highest BCUT2D eigenvalue weighted by molar-refractivity contribution is 5.72. The summed E-state index contributed by atoms with van der Waals surface area (Å²) in [6.07, 6.45) is 0. The summed E-state index contributed by atoms with van der Waals surface area (Å²) in [6.45, 7) is 4.53. The number of ether oxygens (including phenoxy) is 2. The van der Waals surface area contributed by atoms with Gasteiger partial charge in [0.2, 0.25) is 5.91 Å². The van der Waals surface area contributed by atoms with Crippen molar-refractivity contribution in [1.29, 1.82) is 0 Å². The van der Waals surface area contributed by atoms with E-state index in [1.54, 1.807) is 6.07 Å². The van der Waals surface area contributed by atoms with Crippen LogP contribution in [0.25, 0.3) is 0 Å². The maximum absolute atomic E-state index is 14.4. The summed E-state index contributed by atoms with van der Waals surface area (Å²) in [5, 5.41) is 7.25. The first-order chi connectivity index (χ1) is 12.5. The normalized spacial score (nSPS) is 14.0. The van der Waals surface area contributed by atoms with Gasteiger partial charge in [0.1, 0.15) is 5.82 Å². The SMILES string of the molecule is COc1cc(F)c(CN2CCn3nc(CNC(C)=O)cc3C2)cc1OC. The van der Waals surface area contributed by atoms with Crippen LogP contribution in [0, 0.1) is 5.82 Å². The van der Waals surface area contributed by atoms with E-state index in [0.29, 0.717) is 36.7 Å². The number of fused-ring (bicyclic) bond motifs is 1. The summed E-state index contributed by atoms with van der Waals surface area (Å²) in [5.74, 6) is 0.506. The van der Waals surface area contributed by atoms with Crippen LogP contribution in [0.15, 0.2) is 18.2 Å². The number of nitrogens with one attached hydrogen (secondary N) is 1. The Bertz CT molecular complexity index is 806. The van der Waals surface area contributed by atoms with Crippen molar-refractivity contribution in [2.24, 2.45) is 0 Å². The van der Waals surface area contributed by atoms with Crippen LogP contribution in [-0.4, -0.2) is 41.4 Å². The Morgan fingerprint density at radius 3 is 2.65 bits per heavy atom. The Hall–Kier alpha value is -2.61. The van der Waals surface area contributed by atoms with E-state index in [2.05, 4.69) is 15.3 Å². The van der Waals surface area contributed by atoms with Crippen LogP contribution in [0.1, 0.15) is 23.9 Å². The molecule has 0 saturated carbocycles. The molecule has 0 aliphatic carbocycles. The molecule has 1 aromatic carbocycles. The number of halogens is 1. The fraction of sp³-hybridized carbons (Fsp3) is 0.444. The molecule has 3 rings (SSSR count). The first kappa shape index (κ1) is 18.2. The summed E-state index contributed by atoms with van der Waals surface area (Å²) in [6, 6.07) is 5.02.